The highest BCUT2D eigenvalue weighted by Crippen LogP contribution is 2.50. The molecule has 3 N–H and O–H groups in total. The second kappa shape index (κ2) is 10.4. The lowest BCUT2D eigenvalue weighted by molar-refractivity contribution is -0.121. The van der Waals surface area contributed by atoms with Crippen LogP contribution in [-0.2, 0) is 9.59 Å². The summed E-state index contributed by atoms with van der Waals surface area (Å²) < 4.78 is 5.82. The summed E-state index contributed by atoms with van der Waals surface area (Å²) in [6.07, 6.45) is 6.66. The van der Waals surface area contributed by atoms with E-state index in [1.807, 2.05) is 30.3 Å². The van der Waals surface area contributed by atoms with Gasteiger partial charge >= 0.3 is 6.03 Å². The third-order valence-corrected chi connectivity index (χ3v) is 8.29. The molecule has 2 aliphatic heterocycles. The number of pyridine rings is 2. The van der Waals surface area contributed by atoms with Gasteiger partial charge in [-0.15, -0.1) is 0 Å². The van der Waals surface area contributed by atoms with E-state index in [2.05, 4.69) is 32.5 Å². The van der Waals surface area contributed by atoms with E-state index < -0.39 is 11.3 Å². The number of benzene rings is 1. The molecule has 1 saturated carbocycles. The van der Waals surface area contributed by atoms with Crippen molar-refractivity contribution in [1.29, 1.82) is 0 Å². The van der Waals surface area contributed by atoms with Gasteiger partial charge in [0.1, 0.15) is 27.6 Å². The molecular weight excluding hydrogens is 516 g/mol. The smallest absolute Gasteiger partial charge is 0.328 e. The summed E-state index contributed by atoms with van der Waals surface area (Å²) in [5, 5.41) is 9.15. The molecule has 0 spiro atoms. The molecule has 1 fully saturated rings. The molecular formula is C28H26N6O4S. The Hall–Kier alpha value is -4.38. The minimum Gasteiger partial charge on any atom is -0.456 e. The molecule has 0 radical (unpaired) electrons. The highest BCUT2D eigenvalue weighted by atomic mass is 32.2. The Morgan fingerprint density at radius 2 is 1.85 bits per heavy atom. The van der Waals surface area contributed by atoms with Gasteiger partial charge in [0.25, 0.3) is 0 Å². The summed E-state index contributed by atoms with van der Waals surface area (Å²) in [6.45, 7) is 3.48. The van der Waals surface area contributed by atoms with Crippen molar-refractivity contribution in [1.82, 2.24) is 25.9 Å². The molecule has 4 heterocycles. The average Bonchev–Trinajstić information content (AvgIpc) is 3.55. The van der Waals surface area contributed by atoms with Crippen LogP contribution >= 0.6 is 11.8 Å². The largest absolute Gasteiger partial charge is 0.456 e. The lowest BCUT2D eigenvalue weighted by atomic mass is 10.00. The number of anilines is 2. The van der Waals surface area contributed by atoms with Gasteiger partial charge in [0, 0.05) is 23.8 Å². The lowest BCUT2D eigenvalue weighted by Crippen LogP contribution is -2.50. The van der Waals surface area contributed by atoms with Crippen molar-refractivity contribution in [2.45, 2.75) is 47.7 Å². The number of carbonyl (C=O) groups excluding carboxylic acids is 3. The zero-order valence-electron chi connectivity index (χ0n) is 20.9. The number of amides is 4. The van der Waals surface area contributed by atoms with Crippen molar-refractivity contribution in [3.63, 3.8) is 0 Å². The zero-order valence-corrected chi connectivity index (χ0v) is 21.7. The summed E-state index contributed by atoms with van der Waals surface area (Å²) in [5.74, 6) is 1.29. The lowest BCUT2D eigenvalue weighted by Gasteiger charge is -2.33. The van der Waals surface area contributed by atoms with Gasteiger partial charge in [0.15, 0.2) is 0 Å². The maximum atomic E-state index is 13.4. The van der Waals surface area contributed by atoms with Gasteiger partial charge in [-0.1, -0.05) is 36.5 Å². The fraction of sp³-hybridized carbons (Fsp3) is 0.250. The Kier molecular flexibility index (Phi) is 6.65. The molecule has 0 saturated heterocycles. The normalized spacial score (nSPS) is 23.0. The van der Waals surface area contributed by atoms with E-state index in [1.165, 1.54) is 22.7 Å². The van der Waals surface area contributed by atoms with Crippen LogP contribution in [0.3, 0.4) is 0 Å². The highest BCUT2D eigenvalue weighted by molar-refractivity contribution is 8.01. The van der Waals surface area contributed by atoms with Crippen molar-refractivity contribution in [3.05, 3.63) is 79.1 Å². The first-order valence-electron chi connectivity index (χ1n) is 12.7. The fourth-order valence-corrected chi connectivity index (χ4v) is 6.47. The van der Waals surface area contributed by atoms with Crippen LogP contribution in [0.2, 0.25) is 0 Å². The highest BCUT2D eigenvalue weighted by Gasteiger charge is 2.47. The molecule has 1 aromatic carbocycles. The third kappa shape index (κ3) is 4.92. The standard InChI is InChI=1S/C28H26N6O4S/c1-2-22(35)31-16-8-9-17(14-16)32-26(36)25-24-23-20(12-13-29-27(23)39-25)34(28(37)33-24)21-11-10-19(15-30-21)38-18-6-4-3-5-7-18/h2-7,10-13,15-17,24-25H,1,8-9,14H2,(H,31,35)(H,32,36)(H,33,37)/t16-,17+,24?,25?/m1/s1. The van der Waals surface area contributed by atoms with Gasteiger partial charge in [-0.3, -0.25) is 9.59 Å². The topological polar surface area (TPSA) is 126 Å². The number of hydrogen-bond acceptors (Lipinski definition) is 7. The van der Waals surface area contributed by atoms with Gasteiger partial charge in [-0.25, -0.2) is 19.7 Å². The monoisotopic (exact) mass is 542 g/mol. The number of rotatable bonds is 7. The number of aromatic nitrogens is 2. The Bertz CT molecular complexity index is 1430. The van der Waals surface area contributed by atoms with Gasteiger partial charge in [0.2, 0.25) is 11.8 Å². The van der Waals surface area contributed by atoms with E-state index in [0.717, 1.165) is 18.4 Å². The van der Waals surface area contributed by atoms with E-state index in [0.29, 0.717) is 34.5 Å². The molecule has 0 bridgehead atoms. The maximum Gasteiger partial charge on any atom is 0.328 e. The van der Waals surface area contributed by atoms with Gasteiger partial charge in [0.05, 0.1) is 17.9 Å². The number of nitrogens with zero attached hydrogens (tertiary/aromatic N) is 3. The van der Waals surface area contributed by atoms with Gasteiger partial charge in [-0.05, 0) is 55.7 Å². The Morgan fingerprint density at radius 3 is 2.59 bits per heavy atom. The zero-order chi connectivity index (χ0) is 26.9. The minimum absolute atomic E-state index is 0.00224. The van der Waals surface area contributed by atoms with Crippen LogP contribution < -0.4 is 25.6 Å². The summed E-state index contributed by atoms with van der Waals surface area (Å²) in [6, 6.07) is 13.7. The number of ether oxygens (including phenoxy) is 1. The molecule has 10 nitrogen and oxygen atoms in total. The van der Waals surface area contributed by atoms with E-state index >= 15 is 0 Å². The summed E-state index contributed by atoms with van der Waals surface area (Å²) >= 11 is 1.34. The van der Waals surface area contributed by atoms with Crippen molar-refractivity contribution in [2.75, 3.05) is 4.90 Å². The van der Waals surface area contributed by atoms with Crippen LogP contribution in [0.4, 0.5) is 16.3 Å². The third-order valence-electron chi connectivity index (χ3n) is 7.00. The minimum atomic E-state index is -0.559. The Balaban J connectivity index is 1.18. The van der Waals surface area contributed by atoms with E-state index in [4.69, 9.17) is 4.74 Å². The van der Waals surface area contributed by atoms with Crippen LogP contribution in [0.25, 0.3) is 0 Å². The molecule has 6 rings (SSSR count). The number of nitrogens with one attached hydrogen (secondary N) is 3. The molecule has 4 amide bonds. The van der Waals surface area contributed by atoms with E-state index in [-0.39, 0.29) is 29.9 Å². The van der Waals surface area contributed by atoms with E-state index in [1.54, 1.807) is 30.6 Å². The van der Waals surface area contributed by atoms with Crippen molar-refractivity contribution in [2.24, 2.45) is 0 Å². The predicted molar refractivity (Wildman–Crippen MR) is 146 cm³/mol. The second-order valence-electron chi connectivity index (χ2n) is 9.55. The molecule has 198 valence electrons. The molecule has 1 aliphatic carbocycles. The number of urea groups is 1. The quantitative estimate of drug-likeness (QED) is 0.386. The van der Waals surface area contributed by atoms with Crippen LogP contribution in [-0.4, -0.2) is 45.1 Å². The van der Waals surface area contributed by atoms with Crippen LogP contribution in [0.15, 0.2) is 78.6 Å². The average molecular weight is 543 g/mol. The van der Waals surface area contributed by atoms with Crippen molar-refractivity contribution >= 4 is 41.1 Å². The van der Waals surface area contributed by atoms with Crippen LogP contribution in [0.5, 0.6) is 11.5 Å². The van der Waals surface area contributed by atoms with Gasteiger partial charge < -0.3 is 20.7 Å². The number of carbonyl (C=O) groups is 3. The Morgan fingerprint density at radius 1 is 1.05 bits per heavy atom. The van der Waals surface area contributed by atoms with Gasteiger partial charge in [-0.2, -0.15) is 0 Å². The Labute approximate surface area is 229 Å². The fourth-order valence-electron chi connectivity index (χ4n) is 5.23. The molecule has 2 aromatic heterocycles. The van der Waals surface area contributed by atoms with Crippen LogP contribution in [0, 0.1) is 0 Å². The molecule has 3 aliphatic rings. The molecule has 3 aromatic rings. The summed E-state index contributed by atoms with van der Waals surface area (Å²) in [7, 11) is 0. The SMILES string of the molecule is C=CC(=O)N[C@@H]1CC[C@H](NC(=O)C2Sc3nccc4c3C2NC(=O)N4c2ccc(Oc3ccccc3)cn2)C1. The number of hydrogen-bond donors (Lipinski definition) is 3. The summed E-state index contributed by atoms with van der Waals surface area (Å²) in [5.41, 5.74) is 1.45. The first-order valence-corrected chi connectivity index (χ1v) is 13.6. The number of para-hydroxylation sites is 1. The first kappa shape index (κ1) is 24.9. The number of thioether (sulfide) groups is 1. The van der Waals surface area contributed by atoms with Crippen LogP contribution in [0.1, 0.15) is 30.9 Å². The predicted octanol–water partition coefficient (Wildman–Crippen LogP) is 3.99. The molecule has 39 heavy (non-hydrogen) atoms. The van der Waals surface area contributed by atoms with Crippen molar-refractivity contribution < 1.29 is 19.1 Å². The van der Waals surface area contributed by atoms with E-state index in [9.17, 15) is 14.4 Å². The summed E-state index contributed by atoms with van der Waals surface area (Å²) in [4.78, 5) is 48.8. The molecule has 4 atom stereocenters. The van der Waals surface area contributed by atoms with Crippen molar-refractivity contribution in [3.8, 4) is 11.5 Å². The maximum absolute atomic E-state index is 13.4. The molecule has 2 unspecified atom stereocenters. The second-order valence-corrected chi connectivity index (χ2v) is 10.7. The molecule has 11 heteroatoms. The first-order chi connectivity index (χ1) is 19.0.